The molecule has 0 radical (unpaired) electrons. The smallest absolute Gasteiger partial charge is 0.356 e. The van der Waals surface area contributed by atoms with Crippen LogP contribution in [-0.2, 0) is 0 Å². The average molecular weight is 267 g/mol. The van der Waals surface area contributed by atoms with Crippen LogP contribution in [0.4, 0.5) is 0 Å². The lowest BCUT2D eigenvalue weighted by molar-refractivity contribution is 0.0689. The van der Waals surface area contributed by atoms with Crippen LogP contribution in [0.15, 0.2) is 12.4 Å². The van der Waals surface area contributed by atoms with E-state index in [1.807, 2.05) is 0 Å². The molecule has 0 amide bonds. The van der Waals surface area contributed by atoms with Gasteiger partial charge in [0, 0.05) is 18.6 Å². The van der Waals surface area contributed by atoms with Crippen molar-refractivity contribution in [1.82, 2.24) is 14.9 Å². The molecule has 0 fully saturated rings. The summed E-state index contributed by atoms with van der Waals surface area (Å²) in [4.78, 5) is 20.6. The number of carboxylic acid groups (broad SMARTS) is 1. The van der Waals surface area contributed by atoms with Crippen LogP contribution in [0.1, 0.15) is 38.2 Å². The zero-order valence-electron chi connectivity index (χ0n) is 11.8. The Kier molecular flexibility index (Phi) is 5.69. The maximum absolute atomic E-state index is 10.6. The fraction of sp³-hybridized carbons (Fsp3) is 0.615. The molecule has 19 heavy (non-hydrogen) atoms. The van der Waals surface area contributed by atoms with Gasteiger partial charge in [0.1, 0.15) is 6.61 Å². The van der Waals surface area contributed by atoms with Crippen molar-refractivity contribution in [2.75, 3.05) is 13.2 Å². The summed E-state index contributed by atoms with van der Waals surface area (Å²) in [6.07, 6.45) is 2.53. The van der Waals surface area contributed by atoms with Crippen molar-refractivity contribution in [3.05, 3.63) is 18.1 Å². The van der Waals surface area contributed by atoms with Gasteiger partial charge in [-0.1, -0.05) is 0 Å². The zero-order valence-corrected chi connectivity index (χ0v) is 11.8. The summed E-state index contributed by atoms with van der Waals surface area (Å²) in [5, 5.41) is 8.70. The van der Waals surface area contributed by atoms with Gasteiger partial charge in [-0.2, -0.15) is 0 Å². The monoisotopic (exact) mass is 267 g/mol. The van der Waals surface area contributed by atoms with Crippen LogP contribution in [0.25, 0.3) is 0 Å². The zero-order chi connectivity index (χ0) is 14.4. The maximum Gasteiger partial charge on any atom is 0.356 e. The molecule has 0 aromatic carbocycles. The van der Waals surface area contributed by atoms with E-state index in [0.29, 0.717) is 24.6 Å². The first-order valence-corrected chi connectivity index (χ1v) is 6.35. The molecule has 0 bridgehead atoms. The summed E-state index contributed by atoms with van der Waals surface area (Å²) in [6.45, 7) is 9.85. The lowest BCUT2D eigenvalue weighted by Crippen LogP contribution is -2.39. The molecule has 1 N–H and O–H groups in total. The minimum absolute atomic E-state index is 0.0849. The average Bonchev–Trinajstić information content (AvgIpc) is 2.34. The molecule has 1 aromatic heterocycles. The molecule has 0 atom stereocenters. The van der Waals surface area contributed by atoms with Crippen LogP contribution in [0.5, 0.6) is 5.88 Å². The van der Waals surface area contributed by atoms with Gasteiger partial charge in [-0.05, 0) is 27.7 Å². The van der Waals surface area contributed by atoms with E-state index in [2.05, 4.69) is 42.6 Å². The quantitative estimate of drug-likeness (QED) is 0.810. The molecule has 0 saturated heterocycles. The first-order chi connectivity index (χ1) is 8.91. The van der Waals surface area contributed by atoms with Gasteiger partial charge in [-0.3, -0.25) is 4.90 Å². The molecule has 1 aromatic rings. The van der Waals surface area contributed by atoms with Crippen molar-refractivity contribution < 1.29 is 14.6 Å². The van der Waals surface area contributed by atoms with Gasteiger partial charge < -0.3 is 9.84 Å². The highest BCUT2D eigenvalue weighted by Crippen LogP contribution is 2.07. The third kappa shape index (κ3) is 4.82. The molecule has 0 saturated carbocycles. The Morgan fingerprint density at radius 3 is 2.32 bits per heavy atom. The summed E-state index contributed by atoms with van der Waals surface area (Å²) >= 11 is 0. The summed E-state index contributed by atoms with van der Waals surface area (Å²) in [5.41, 5.74) is -0.0849. The van der Waals surface area contributed by atoms with Gasteiger partial charge in [0.15, 0.2) is 5.69 Å². The lowest BCUT2D eigenvalue weighted by Gasteiger charge is -2.30. The first-order valence-electron chi connectivity index (χ1n) is 6.35. The standard InChI is InChI=1S/C13H21N3O3/c1-9(2)16(10(3)4)5-6-19-12-8-14-11(7-15-12)13(17)18/h7-10H,5-6H2,1-4H3,(H,17,18). The predicted octanol–water partition coefficient (Wildman–Crippen LogP) is 1.67. The minimum Gasteiger partial charge on any atom is -0.476 e. The van der Waals surface area contributed by atoms with Crippen molar-refractivity contribution in [3.8, 4) is 5.88 Å². The fourth-order valence-corrected chi connectivity index (χ4v) is 1.87. The Labute approximate surface area is 113 Å². The Bertz CT molecular complexity index is 396. The van der Waals surface area contributed by atoms with Gasteiger partial charge in [0.2, 0.25) is 5.88 Å². The van der Waals surface area contributed by atoms with Gasteiger partial charge in [-0.15, -0.1) is 0 Å². The minimum atomic E-state index is -1.09. The van der Waals surface area contributed by atoms with Crippen molar-refractivity contribution in [3.63, 3.8) is 0 Å². The first kappa shape index (κ1) is 15.4. The van der Waals surface area contributed by atoms with Gasteiger partial charge >= 0.3 is 5.97 Å². The van der Waals surface area contributed by atoms with Crippen LogP contribution in [0.2, 0.25) is 0 Å². The molecule has 0 aliphatic carbocycles. The van der Waals surface area contributed by atoms with Crippen LogP contribution in [-0.4, -0.2) is 51.2 Å². The second-order valence-corrected chi connectivity index (χ2v) is 4.82. The fourth-order valence-electron chi connectivity index (χ4n) is 1.87. The Hall–Kier alpha value is -1.69. The molecule has 0 unspecified atom stereocenters. The number of rotatable bonds is 7. The Morgan fingerprint density at radius 2 is 1.89 bits per heavy atom. The van der Waals surface area contributed by atoms with Crippen LogP contribution < -0.4 is 4.74 Å². The van der Waals surface area contributed by atoms with E-state index in [0.717, 1.165) is 6.54 Å². The van der Waals surface area contributed by atoms with E-state index in [4.69, 9.17) is 9.84 Å². The van der Waals surface area contributed by atoms with Gasteiger partial charge in [0.25, 0.3) is 0 Å². The van der Waals surface area contributed by atoms with Crippen LogP contribution in [0, 0.1) is 0 Å². The lowest BCUT2D eigenvalue weighted by atomic mass is 10.2. The van der Waals surface area contributed by atoms with Crippen molar-refractivity contribution in [1.29, 1.82) is 0 Å². The molecule has 6 nitrogen and oxygen atoms in total. The summed E-state index contributed by atoms with van der Waals surface area (Å²) in [7, 11) is 0. The van der Waals surface area contributed by atoms with Crippen molar-refractivity contribution in [2.45, 2.75) is 39.8 Å². The Morgan fingerprint density at radius 1 is 1.26 bits per heavy atom. The number of hydrogen-bond acceptors (Lipinski definition) is 5. The highest BCUT2D eigenvalue weighted by molar-refractivity contribution is 5.84. The van der Waals surface area contributed by atoms with Gasteiger partial charge in [-0.25, -0.2) is 14.8 Å². The van der Waals surface area contributed by atoms with E-state index in [1.54, 1.807) is 0 Å². The molecule has 106 valence electrons. The van der Waals surface area contributed by atoms with E-state index < -0.39 is 5.97 Å². The van der Waals surface area contributed by atoms with Crippen molar-refractivity contribution >= 4 is 5.97 Å². The normalized spacial score (nSPS) is 11.3. The number of aromatic carboxylic acids is 1. The number of carbonyl (C=O) groups is 1. The van der Waals surface area contributed by atoms with Gasteiger partial charge in [0.05, 0.1) is 12.4 Å². The number of hydrogen-bond donors (Lipinski definition) is 1. The van der Waals surface area contributed by atoms with E-state index in [1.165, 1.54) is 12.4 Å². The third-order valence-electron chi connectivity index (χ3n) is 2.77. The highest BCUT2D eigenvalue weighted by Gasteiger charge is 2.13. The third-order valence-corrected chi connectivity index (χ3v) is 2.77. The molecule has 6 heteroatoms. The number of carboxylic acids is 1. The SMILES string of the molecule is CC(C)N(CCOc1cnc(C(=O)O)cn1)C(C)C. The number of nitrogens with zero attached hydrogens (tertiary/aromatic N) is 3. The van der Waals surface area contributed by atoms with E-state index >= 15 is 0 Å². The number of ether oxygens (including phenoxy) is 1. The predicted molar refractivity (Wildman–Crippen MR) is 71.5 cm³/mol. The van der Waals surface area contributed by atoms with Crippen molar-refractivity contribution in [2.24, 2.45) is 0 Å². The molecule has 0 aliphatic rings. The van der Waals surface area contributed by atoms with Crippen LogP contribution in [0.3, 0.4) is 0 Å². The molecule has 0 spiro atoms. The van der Waals surface area contributed by atoms with E-state index in [9.17, 15) is 4.79 Å². The Balaban J connectivity index is 2.46. The summed E-state index contributed by atoms with van der Waals surface area (Å²) in [6, 6.07) is 0.896. The molecule has 0 aliphatic heterocycles. The molecule has 1 rings (SSSR count). The maximum atomic E-state index is 10.6. The highest BCUT2D eigenvalue weighted by atomic mass is 16.5. The second kappa shape index (κ2) is 7.04. The largest absolute Gasteiger partial charge is 0.476 e. The molecule has 1 heterocycles. The van der Waals surface area contributed by atoms with E-state index in [-0.39, 0.29) is 5.69 Å². The topological polar surface area (TPSA) is 75.5 Å². The number of aromatic nitrogens is 2. The summed E-state index contributed by atoms with van der Waals surface area (Å²) < 4.78 is 5.46. The summed E-state index contributed by atoms with van der Waals surface area (Å²) in [5.74, 6) is -0.748. The van der Waals surface area contributed by atoms with Crippen LogP contribution >= 0.6 is 0 Å². The second-order valence-electron chi connectivity index (χ2n) is 4.82. The molecular weight excluding hydrogens is 246 g/mol. The molecular formula is C13H21N3O3.